The number of imidazole rings is 1. The summed E-state index contributed by atoms with van der Waals surface area (Å²) in [6.07, 6.45) is 1.83. The molecule has 0 aliphatic carbocycles. The van der Waals surface area contributed by atoms with Crippen molar-refractivity contribution in [3.05, 3.63) is 128 Å². The van der Waals surface area contributed by atoms with Gasteiger partial charge in [-0.25, -0.2) is 9.97 Å². The summed E-state index contributed by atoms with van der Waals surface area (Å²) >= 11 is 0. The van der Waals surface area contributed by atoms with Crippen LogP contribution in [0.3, 0.4) is 0 Å². The van der Waals surface area contributed by atoms with E-state index in [2.05, 4.69) is 63.7 Å². The molecule has 0 amide bonds. The first kappa shape index (κ1) is 23.8. The van der Waals surface area contributed by atoms with E-state index in [9.17, 15) is 0 Å². The van der Waals surface area contributed by atoms with Crippen LogP contribution in [0.15, 0.2) is 132 Å². The van der Waals surface area contributed by atoms with Gasteiger partial charge in [0.25, 0.3) is 0 Å². The molecule has 0 radical (unpaired) electrons. The molecule has 4 aromatic heterocycles. The van der Waals surface area contributed by atoms with Crippen molar-refractivity contribution in [2.24, 2.45) is 7.05 Å². The third kappa shape index (κ3) is 3.53. The van der Waals surface area contributed by atoms with E-state index in [0.29, 0.717) is 17.1 Å². The minimum atomic E-state index is 0.640. The highest BCUT2D eigenvalue weighted by molar-refractivity contribution is 6.28. The quantitative estimate of drug-likeness (QED) is 0.217. The van der Waals surface area contributed by atoms with Gasteiger partial charge in [0.15, 0.2) is 11.3 Å². The Hall–Kier alpha value is -5.88. The molecule has 0 aliphatic rings. The lowest BCUT2D eigenvalue weighted by Gasteiger charge is -2.11. The summed E-state index contributed by atoms with van der Waals surface area (Å²) in [5.41, 5.74) is 6.62. The van der Waals surface area contributed by atoms with E-state index in [4.69, 9.17) is 19.1 Å². The van der Waals surface area contributed by atoms with E-state index in [1.807, 2.05) is 80.0 Å². The summed E-state index contributed by atoms with van der Waals surface area (Å²) in [4.78, 5) is 9.62. The second-order valence-electron chi connectivity index (χ2n) is 10.7. The molecular weight excluding hydrogens is 532 g/mol. The normalized spacial score (nSPS) is 11.8. The van der Waals surface area contributed by atoms with Crippen LogP contribution < -0.4 is 4.74 Å². The maximum atomic E-state index is 6.73. The van der Waals surface area contributed by atoms with Crippen molar-refractivity contribution in [2.75, 3.05) is 0 Å². The first-order valence-corrected chi connectivity index (χ1v) is 14.2. The van der Waals surface area contributed by atoms with Gasteiger partial charge >= 0.3 is 0 Å². The summed E-state index contributed by atoms with van der Waals surface area (Å²) in [7, 11) is 2.04. The van der Waals surface area contributed by atoms with Crippen molar-refractivity contribution in [1.29, 1.82) is 0 Å². The number of nitrogens with zero attached hydrogens (tertiary/aromatic N) is 4. The number of rotatable bonds is 4. The minimum absolute atomic E-state index is 0.640. The molecule has 5 aromatic carbocycles. The van der Waals surface area contributed by atoms with E-state index >= 15 is 0 Å². The molecule has 0 spiro atoms. The summed E-state index contributed by atoms with van der Waals surface area (Å²) in [5.74, 6) is 3.06. The van der Waals surface area contributed by atoms with Gasteiger partial charge in [0.05, 0.1) is 22.1 Å². The summed E-state index contributed by atoms with van der Waals surface area (Å²) < 4.78 is 17.6. The Balaban J connectivity index is 1.30. The predicted octanol–water partition coefficient (Wildman–Crippen LogP) is 9.42. The van der Waals surface area contributed by atoms with Crippen LogP contribution in [0.2, 0.25) is 0 Å². The SMILES string of the molecule is Cn1c(-c2cccc(Oc3cc4c(c5ccccc5n4-c4ccccn4)c4c3oc3ccccc34)c2)nc2ccccc21. The zero-order chi connectivity index (χ0) is 28.5. The maximum Gasteiger partial charge on any atom is 0.178 e. The highest BCUT2D eigenvalue weighted by atomic mass is 16.5. The highest BCUT2D eigenvalue weighted by Crippen LogP contribution is 2.46. The Bertz CT molecular complexity index is 2500. The fraction of sp³-hybridized carbons (Fsp3) is 0.0270. The van der Waals surface area contributed by atoms with Crippen molar-refractivity contribution in [2.45, 2.75) is 0 Å². The molecule has 0 fully saturated rings. The molecule has 9 aromatic rings. The Morgan fingerprint density at radius 3 is 2.33 bits per heavy atom. The third-order valence-electron chi connectivity index (χ3n) is 8.23. The zero-order valence-electron chi connectivity index (χ0n) is 23.2. The second kappa shape index (κ2) is 9.06. The maximum absolute atomic E-state index is 6.73. The molecule has 9 rings (SSSR count). The molecule has 0 saturated heterocycles. The highest BCUT2D eigenvalue weighted by Gasteiger charge is 2.23. The molecule has 204 valence electrons. The molecule has 0 atom stereocenters. The number of furan rings is 1. The van der Waals surface area contributed by atoms with Crippen molar-refractivity contribution >= 4 is 54.8 Å². The van der Waals surface area contributed by atoms with Gasteiger partial charge < -0.3 is 13.7 Å². The lowest BCUT2D eigenvalue weighted by Crippen LogP contribution is -1.97. The van der Waals surface area contributed by atoms with E-state index in [1.165, 1.54) is 0 Å². The first-order valence-electron chi connectivity index (χ1n) is 14.2. The van der Waals surface area contributed by atoms with E-state index in [1.54, 1.807) is 0 Å². The van der Waals surface area contributed by atoms with Crippen LogP contribution in [0.1, 0.15) is 0 Å². The van der Waals surface area contributed by atoms with Crippen LogP contribution in [0.4, 0.5) is 0 Å². The Morgan fingerprint density at radius 1 is 0.674 bits per heavy atom. The fourth-order valence-corrected chi connectivity index (χ4v) is 6.35. The smallest absolute Gasteiger partial charge is 0.178 e. The zero-order valence-corrected chi connectivity index (χ0v) is 23.2. The number of pyridine rings is 1. The van der Waals surface area contributed by atoms with Gasteiger partial charge in [0.1, 0.15) is 23.0 Å². The van der Waals surface area contributed by atoms with Gasteiger partial charge in [-0.3, -0.25) is 4.57 Å². The number of para-hydroxylation sites is 4. The largest absolute Gasteiger partial charge is 0.453 e. The van der Waals surface area contributed by atoms with Crippen LogP contribution in [-0.4, -0.2) is 19.1 Å². The number of benzene rings is 5. The minimum Gasteiger partial charge on any atom is -0.453 e. The second-order valence-corrected chi connectivity index (χ2v) is 10.7. The van der Waals surface area contributed by atoms with Crippen LogP contribution in [0.5, 0.6) is 11.5 Å². The van der Waals surface area contributed by atoms with Crippen LogP contribution in [0.25, 0.3) is 72.0 Å². The van der Waals surface area contributed by atoms with Crippen molar-refractivity contribution in [3.63, 3.8) is 0 Å². The number of hydrogen-bond acceptors (Lipinski definition) is 4. The van der Waals surface area contributed by atoms with E-state index in [0.717, 1.165) is 66.4 Å². The molecular formula is C37H24N4O2. The van der Waals surface area contributed by atoms with Crippen LogP contribution >= 0.6 is 0 Å². The summed E-state index contributed by atoms with van der Waals surface area (Å²) in [6.45, 7) is 0. The monoisotopic (exact) mass is 556 g/mol. The number of fused-ring (bicyclic) bond motifs is 8. The van der Waals surface area contributed by atoms with Crippen molar-refractivity contribution in [1.82, 2.24) is 19.1 Å². The van der Waals surface area contributed by atoms with Gasteiger partial charge in [0, 0.05) is 46.4 Å². The summed E-state index contributed by atoms with van der Waals surface area (Å²) in [5, 5.41) is 4.32. The predicted molar refractivity (Wildman–Crippen MR) is 172 cm³/mol. The van der Waals surface area contributed by atoms with Gasteiger partial charge in [0.2, 0.25) is 0 Å². The molecule has 4 heterocycles. The van der Waals surface area contributed by atoms with Gasteiger partial charge in [-0.1, -0.05) is 66.7 Å². The average molecular weight is 557 g/mol. The lowest BCUT2D eigenvalue weighted by molar-refractivity contribution is 0.477. The number of aryl methyl sites for hydroxylation is 1. The topological polar surface area (TPSA) is 58.0 Å². The molecule has 0 aliphatic heterocycles. The molecule has 0 N–H and O–H groups in total. The number of hydrogen-bond donors (Lipinski definition) is 0. The molecule has 0 bridgehead atoms. The van der Waals surface area contributed by atoms with Gasteiger partial charge in [-0.05, 0) is 48.5 Å². The average Bonchev–Trinajstić information content (AvgIpc) is 3.71. The first-order chi connectivity index (χ1) is 21.2. The summed E-state index contributed by atoms with van der Waals surface area (Å²) in [6, 6.07) is 40.9. The van der Waals surface area contributed by atoms with Crippen LogP contribution in [0, 0.1) is 0 Å². The fourth-order valence-electron chi connectivity index (χ4n) is 6.35. The Morgan fingerprint density at radius 2 is 1.47 bits per heavy atom. The molecule has 43 heavy (non-hydrogen) atoms. The Labute approximate surface area is 246 Å². The van der Waals surface area contributed by atoms with Gasteiger partial charge in [-0.2, -0.15) is 0 Å². The lowest BCUT2D eigenvalue weighted by atomic mass is 10.0. The third-order valence-corrected chi connectivity index (χ3v) is 8.23. The van der Waals surface area contributed by atoms with Crippen LogP contribution in [-0.2, 0) is 7.05 Å². The Kier molecular flexibility index (Phi) is 5.01. The molecule has 6 nitrogen and oxygen atoms in total. The number of aromatic nitrogens is 4. The molecule has 6 heteroatoms. The van der Waals surface area contributed by atoms with E-state index < -0.39 is 0 Å². The molecule has 0 unspecified atom stereocenters. The van der Waals surface area contributed by atoms with Gasteiger partial charge in [-0.15, -0.1) is 0 Å². The molecule has 0 saturated carbocycles. The number of ether oxygens (including phenoxy) is 1. The van der Waals surface area contributed by atoms with Crippen molar-refractivity contribution in [3.8, 4) is 28.7 Å². The van der Waals surface area contributed by atoms with Crippen molar-refractivity contribution < 1.29 is 9.15 Å². The van der Waals surface area contributed by atoms with E-state index in [-0.39, 0.29) is 0 Å². The standard InChI is InChI=1S/C37H24N4O2/c1-40-29-17-6-4-15-27(29)39-37(40)23-11-10-12-24(21-23)42-32-22-30-34(35-26-14-3-7-18-31(26)43-36(32)35)25-13-2-5-16-28(25)41(30)33-19-8-9-20-38-33/h2-22H,1H3.